The van der Waals surface area contributed by atoms with Crippen LogP contribution in [0.3, 0.4) is 0 Å². The lowest BCUT2D eigenvalue weighted by atomic mass is 9.87. The second-order valence-electron chi connectivity index (χ2n) is 6.34. The molecule has 0 aliphatic rings. The average Bonchev–Trinajstić information content (AvgIpc) is 2.42. The summed E-state index contributed by atoms with van der Waals surface area (Å²) in [7, 11) is -3.72. The van der Waals surface area contributed by atoms with E-state index in [1.807, 2.05) is 0 Å². The van der Waals surface area contributed by atoms with E-state index in [-0.39, 0.29) is 16.0 Å². The maximum Gasteiger partial charge on any atom is 0.261 e. The first-order valence-electron chi connectivity index (χ1n) is 6.99. The Morgan fingerprint density at radius 3 is 2.09 bits per heavy atom. The third-order valence-electron chi connectivity index (χ3n) is 3.45. The van der Waals surface area contributed by atoms with E-state index in [0.29, 0.717) is 5.56 Å². The molecule has 0 aliphatic heterocycles. The van der Waals surface area contributed by atoms with E-state index in [4.69, 9.17) is 0 Å². The van der Waals surface area contributed by atoms with Crippen LogP contribution >= 0.6 is 0 Å². The molecule has 0 aromatic heterocycles. The van der Waals surface area contributed by atoms with Crippen LogP contribution in [0.2, 0.25) is 0 Å². The minimum Gasteiger partial charge on any atom is -0.280 e. The smallest absolute Gasteiger partial charge is 0.261 e. The Hall–Kier alpha value is -1.88. The minimum atomic E-state index is -3.72. The molecular formula is C17H20FNO2S. The third-order valence-corrected chi connectivity index (χ3v) is 4.85. The van der Waals surface area contributed by atoms with E-state index in [9.17, 15) is 12.8 Å². The average molecular weight is 321 g/mol. The predicted octanol–water partition coefficient (Wildman–Crippen LogP) is 4.23. The fourth-order valence-corrected chi connectivity index (χ4v) is 3.05. The summed E-state index contributed by atoms with van der Waals surface area (Å²) in [6, 6.07) is 11.0. The SMILES string of the molecule is Cc1ccc(NS(=O)(=O)c2ccc(C(C)(C)C)cc2)cc1F. The number of hydrogen-bond donors (Lipinski definition) is 1. The van der Waals surface area contributed by atoms with Crippen molar-refractivity contribution in [2.45, 2.75) is 38.0 Å². The molecule has 0 spiro atoms. The van der Waals surface area contributed by atoms with Crippen LogP contribution in [-0.2, 0) is 15.4 Å². The molecule has 0 heterocycles. The molecule has 2 aromatic carbocycles. The standard InChI is InChI=1S/C17H20FNO2S/c1-12-5-8-14(11-16(12)18)19-22(20,21)15-9-6-13(7-10-15)17(2,3)4/h5-11,19H,1-4H3. The van der Waals surface area contributed by atoms with E-state index in [0.717, 1.165) is 5.56 Å². The quantitative estimate of drug-likeness (QED) is 0.919. The number of anilines is 1. The summed E-state index contributed by atoms with van der Waals surface area (Å²) in [5.74, 6) is -0.441. The highest BCUT2D eigenvalue weighted by molar-refractivity contribution is 7.92. The molecule has 0 atom stereocenters. The van der Waals surface area contributed by atoms with Crippen molar-refractivity contribution in [2.75, 3.05) is 4.72 Å². The Balaban J connectivity index is 2.28. The molecule has 0 saturated heterocycles. The maximum absolute atomic E-state index is 13.5. The van der Waals surface area contributed by atoms with Crippen LogP contribution in [0.1, 0.15) is 31.9 Å². The van der Waals surface area contributed by atoms with Gasteiger partial charge in [0.2, 0.25) is 0 Å². The molecule has 5 heteroatoms. The molecule has 1 N–H and O–H groups in total. The largest absolute Gasteiger partial charge is 0.280 e. The van der Waals surface area contributed by atoms with Gasteiger partial charge in [0.15, 0.2) is 0 Å². The first-order valence-corrected chi connectivity index (χ1v) is 8.47. The van der Waals surface area contributed by atoms with Crippen LogP contribution in [0.15, 0.2) is 47.4 Å². The van der Waals surface area contributed by atoms with Gasteiger partial charge >= 0.3 is 0 Å². The first kappa shape index (κ1) is 16.5. The Morgan fingerprint density at radius 2 is 1.59 bits per heavy atom. The maximum atomic E-state index is 13.5. The zero-order valence-corrected chi connectivity index (χ0v) is 14.0. The molecule has 2 rings (SSSR count). The summed E-state index contributed by atoms with van der Waals surface area (Å²) < 4.78 is 40.5. The van der Waals surface area contributed by atoms with Crippen molar-refractivity contribution >= 4 is 15.7 Å². The van der Waals surface area contributed by atoms with Crippen LogP contribution in [-0.4, -0.2) is 8.42 Å². The molecule has 0 fully saturated rings. The fourth-order valence-electron chi connectivity index (χ4n) is 2.00. The first-order chi connectivity index (χ1) is 10.1. The van der Waals surface area contributed by atoms with Gasteiger partial charge < -0.3 is 0 Å². The zero-order chi connectivity index (χ0) is 16.5. The second-order valence-corrected chi connectivity index (χ2v) is 8.03. The molecule has 0 bridgehead atoms. The monoisotopic (exact) mass is 321 g/mol. The van der Waals surface area contributed by atoms with Crippen LogP contribution < -0.4 is 4.72 Å². The Kier molecular flexibility index (Phi) is 4.29. The fraction of sp³-hybridized carbons (Fsp3) is 0.294. The number of sulfonamides is 1. The lowest BCUT2D eigenvalue weighted by Gasteiger charge is -2.19. The lowest BCUT2D eigenvalue weighted by Crippen LogP contribution is -2.15. The van der Waals surface area contributed by atoms with Gasteiger partial charge in [-0.25, -0.2) is 12.8 Å². The van der Waals surface area contributed by atoms with E-state index in [1.165, 1.54) is 12.1 Å². The summed E-state index contributed by atoms with van der Waals surface area (Å²) in [6.45, 7) is 7.80. The summed E-state index contributed by atoms with van der Waals surface area (Å²) in [5, 5.41) is 0. The highest BCUT2D eigenvalue weighted by Gasteiger charge is 2.18. The third kappa shape index (κ3) is 3.65. The Morgan fingerprint density at radius 1 is 1.00 bits per heavy atom. The number of aryl methyl sites for hydroxylation is 1. The summed E-state index contributed by atoms with van der Waals surface area (Å²) in [5.41, 5.74) is 1.68. The topological polar surface area (TPSA) is 46.2 Å². The molecular weight excluding hydrogens is 301 g/mol. The van der Waals surface area contributed by atoms with Crippen molar-refractivity contribution in [3.05, 3.63) is 59.4 Å². The van der Waals surface area contributed by atoms with Gasteiger partial charge in [0, 0.05) is 0 Å². The van der Waals surface area contributed by atoms with Crippen LogP contribution in [0, 0.1) is 12.7 Å². The van der Waals surface area contributed by atoms with E-state index >= 15 is 0 Å². The summed E-state index contributed by atoms with van der Waals surface area (Å²) in [6.07, 6.45) is 0. The van der Waals surface area contributed by atoms with Crippen molar-refractivity contribution in [1.82, 2.24) is 0 Å². The van der Waals surface area contributed by atoms with Crippen LogP contribution in [0.5, 0.6) is 0 Å². The highest BCUT2D eigenvalue weighted by atomic mass is 32.2. The molecule has 0 radical (unpaired) electrons. The molecule has 118 valence electrons. The summed E-state index contributed by atoms with van der Waals surface area (Å²) in [4.78, 5) is 0.154. The van der Waals surface area contributed by atoms with Gasteiger partial charge in [-0.3, -0.25) is 4.72 Å². The van der Waals surface area contributed by atoms with Crippen molar-refractivity contribution in [3.8, 4) is 0 Å². The van der Waals surface area contributed by atoms with Crippen molar-refractivity contribution in [2.24, 2.45) is 0 Å². The van der Waals surface area contributed by atoms with E-state index in [2.05, 4.69) is 25.5 Å². The normalized spacial score (nSPS) is 12.2. The van der Waals surface area contributed by atoms with Crippen LogP contribution in [0.4, 0.5) is 10.1 Å². The van der Waals surface area contributed by atoms with Gasteiger partial charge in [0.1, 0.15) is 5.82 Å². The second kappa shape index (κ2) is 5.72. The predicted molar refractivity (Wildman–Crippen MR) is 87.1 cm³/mol. The van der Waals surface area contributed by atoms with Gasteiger partial charge in [-0.1, -0.05) is 39.0 Å². The van der Waals surface area contributed by atoms with Crippen molar-refractivity contribution in [3.63, 3.8) is 0 Å². The Bertz CT molecular complexity index is 775. The number of nitrogens with one attached hydrogen (secondary N) is 1. The summed E-state index contributed by atoms with van der Waals surface area (Å²) >= 11 is 0. The lowest BCUT2D eigenvalue weighted by molar-refractivity contribution is 0.587. The molecule has 0 amide bonds. The molecule has 2 aromatic rings. The van der Waals surface area contributed by atoms with E-state index in [1.54, 1.807) is 37.3 Å². The van der Waals surface area contributed by atoms with Gasteiger partial charge in [0.25, 0.3) is 10.0 Å². The zero-order valence-electron chi connectivity index (χ0n) is 13.1. The molecule has 22 heavy (non-hydrogen) atoms. The highest BCUT2D eigenvalue weighted by Crippen LogP contribution is 2.24. The van der Waals surface area contributed by atoms with Gasteiger partial charge in [-0.2, -0.15) is 0 Å². The van der Waals surface area contributed by atoms with Gasteiger partial charge in [-0.15, -0.1) is 0 Å². The molecule has 3 nitrogen and oxygen atoms in total. The van der Waals surface area contributed by atoms with Gasteiger partial charge in [0.05, 0.1) is 10.6 Å². The Labute approximate surface area is 131 Å². The van der Waals surface area contributed by atoms with Crippen molar-refractivity contribution in [1.29, 1.82) is 0 Å². The van der Waals surface area contributed by atoms with Crippen molar-refractivity contribution < 1.29 is 12.8 Å². The van der Waals surface area contributed by atoms with E-state index < -0.39 is 15.8 Å². The number of rotatable bonds is 3. The number of hydrogen-bond acceptors (Lipinski definition) is 2. The minimum absolute atomic E-state index is 0.0458. The molecule has 0 aliphatic carbocycles. The van der Waals surface area contributed by atoms with Crippen LogP contribution in [0.25, 0.3) is 0 Å². The molecule has 0 saturated carbocycles. The molecule has 0 unspecified atom stereocenters. The van der Waals surface area contributed by atoms with Gasteiger partial charge in [-0.05, 0) is 47.7 Å². The number of benzene rings is 2. The number of halogens is 1.